The molecule has 0 atom stereocenters. The van der Waals surface area contributed by atoms with Gasteiger partial charge in [-0.05, 0) is 6.07 Å². The molecule has 0 aromatic carbocycles. The summed E-state index contributed by atoms with van der Waals surface area (Å²) in [6, 6.07) is 1.55. The number of nitrogens with zero attached hydrogens (tertiary/aromatic N) is 4. The van der Waals surface area contributed by atoms with Crippen molar-refractivity contribution in [1.29, 1.82) is 0 Å². The van der Waals surface area contributed by atoms with E-state index in [1.54, 1.807) is 6.07 Å². The number of nitrogens with two attached hydrogens (primary N) is 1. The Morgan fingerprint density at radius 3 is 2.86 bits per heavy atom. The highest BCUT2D eigenvalue weighted by atomic mass is 19.4. The van der Waals surface area contributed by atoms with Crippen LogP contribution in [0.15, 0.2) is 24.7 Å². The first-order chi connectivity index (χ1) is 9.94. The summed E-state index contributed by atoms with van der Waals surface area (Å²) < 4.78 is 43.4. The number of halogens is 3. The second-order valence-corrected chi connectivity index (χ2v) is 4.19. The number of rotatable bonds is 3. The SMILES string of the molecule is Nc1nc2c(OCC(F)(F)F)c(-c3cn[nH]c3)ccn2n1. The summed E-state index contributed by atoms with van der Waals surface area (Å²) in [5, 5.41) is 10.2. The number of nitrogen functional groups attached to an aromatic ring is 1. The number of anilines is 1. The van der Waals surface area contributed by atoms with E-state index in [2.05, 4.69) is 20.3 Å². The van der Waals surface area contributed by atoms with E-state index < -0.39 is 12.8 Å². The molecule has 0 fully saturated rings. The largest absolute Gasteiger partial charge is 0.479 e. The van der Waals surface area contributed by atoms with Gasteiger partial charge in [0.05, 0.1) is 6.20 Å². The number of hydrogen-bond donors (Lipinski definition) is 2. The third kappa shape index (κ3) is 2.59. The fourth-order valence-corrected chi connectivity index (χ4v) is 1.86. The minimum atomic E-state index is -4.47. The van der Waals surface area contributed by atoms with Crippen molar-refractivity contribution in [2.45, 2.75) is 6.18 Å². The van der Waals surface area contributed by atoms with Crippen molar-refractivity contribution in [2.75, 3.05) is 12.3 Å². The van der Waals surface area contributed by atoms with Crippen LogP contribution in [0.2, 0.25) is 0 Å². The molecule has 0 spiro atoms. The lowest BCUT2D eigenvalue weighted by molar-refractivity contribution is -0.153. The number of alkyl halides is 3. The van der Waals surface area contributed by atoms with Crippen molar-refractivity contribution in [3.8, 4) is 16.9 Å². The highest BCUT2D eigenvalue weighted by Gasteiger charge is 2.30. The normalized spacial score (nSPS) is 12.0. The third-order valence-electron chi connectivity index (χ3n) is 2.67. The quantitative estimate of drug-likeness (QED) is 0.766. The molecule has 21 heavy (non-hydrogen) atoms. The van der Waals surface area contributed by atoms with E-state index in [9.17, 15) is 13.2 Å². The Labute approximate surface area is 115 Å². The molecule has 10 heteroatoms. The Kier molecular flexibility index (Phi) is 2.92. The molecule has 0 unspecified atom stereocenters. The van der Waals surface area contributed by atoms with Crippen molar-refractivity contribution >= 4 is 11.6 Å². The highest BCUT2D eigenvalue weighted by molar-refractivity contribution is 5.77. The van der Waals surface area contributed by atoms with Gasteiger partial charge in [-0.2, -0.15) is 23.3 Å². The molecule has 3 aromatic heterocycles. The van der Waals surface area contributed by atoms with Crippen molar-refractivity contribution in [3.05, 3.63) is 24.7 Å². The lowest BCUT2D eigenvalue weighted by atomic mass is 10.1. The number of ether oxygens (including phenoxy) is 1. The summed E-state index contributed by atoms with van der Waals surface area (Å²) >= 11 is 0. The molecule has 0 amide bonds. The maximum absolute atomic E-state index is 12.4. The highest BCUT2D eigenvalue weighted by Crippen LogP contribution is 2.33. The molecule has 0 saturated heterocycles. The molecule has 3 rings (SSSR count). The van der Waals surface area contributed by atoms with Gasteiger partial charge < -0.3 is 10.5 Å². The van der Waals surface area contributed by atoms with Gasteiger partial charge in [0.2, 0.25) is 5.95 Å². The van der Waals surface area contributed by atoms with Crippen LogP contribution < -0.4 is 10.5 Å². The number of nitrogens with one attached hydrogen (secondary N) is 1. The second kappa shape index (κ2) is 4.65. The lowest BCUT2D eigenvalue weighted by Gasteiger charge is -2.12. The number of fused-ring (bicyclic) bond motifs is 1. The summed E-state index contributed by atoms with van der Waals surface area (Å²) in [7, 11) is 0. The molecular weight excluding hydrogens is 289 g/mol. The van der Waals surface area contributed by atoms with Gasteiger partial charge in [0.15, 0.2) is 18.0 Å². The van der Waals surface area contributed by atoms with E-state index in [1.165, 1.54) is 23.1 Å². The van der Waals surface area contributed by atoms with Crippen LogP contribution in [0.3, 0.4) is 0 Å². The molecule has 3 aromatic rings. The molecular formula is C11H9F3N6O. The van der Waals surface area contributed by atoms with Crippen molar-refractivity contribution < 1.29 is 17.9 Å². The van der Waals surface area contributed by atoms with Gasteiger partial charge in [-0.25, -0.2) is 4.52 Å². The Morgan fingerprint density at radius 1 is 1.38 bits per heavy atom. The Bertz CT molecular complexity index is 764. The summed E-state index contributed by atoms with van der Waals surface area (Å²) in [6.07, 6.45) is 0.0611. The second-order valence-electron chi connectivity index (χ2n) is 4.19. The number of hydrogen-bond acceptors (Lipinski definition) is 5. The Morgan fingerprint density at radius 2 is 2.19 bits per heavy atom. The average molecular weight is 298 g/mol. The van der Waals surface area contributed by atoms with Crippen LogP contribution in [0.1, 0.15) is 0 Å². The zero-order valence-corrected chi connectivity index (χ0v) is 10.4. The zero-order valence-electron chi connectivity index (χ0n) is 10.4. The van der Waals surface area contributed by atoms with Crippen molar-refractivity contribution in [3.63, 3.8) is 0 Å². The van der Waals surface area contributed by atoms with Crippen molar-refractivity contribution in [1.82, 2.24) is 24.8 Å². The van der Waals surface area contributed by atoms with Gasteiger partial charge in [0, 0.05) is 23.5 Å². The predicted octanol–water partition coefficient (Wildman–Crippen LogP) is 1.64. The number of H-pyrrole nitrogens is 1. The third-order valence-corrected chi connectivity index (χ3v) is 2.67. The van der Waals surface area contributed by atoms with Gasteiger partial charge in [-0.15, -0.1) is 5.10 Å². The molecule has 0 saturated carbocycles. The monoisotopic (exact) mass is 298 g/mol. The molecule has 0 aliphatic rings. The predicted molar refractivity (Wildman–Crippen MR) is 66.5 cm³/mol. The molecule has 3 heterocycles. The van der Waals surface area contributed by atoms with E-state index in [1.807, 2.05) is 0 Å². The molecule has 7 nitrogen and oxygen atoms in total. The standard InChI is InChI=1S/C11H9F3N6O/c12-11(13,14)5-21-8-7(6-3-16-17-4-6)1-2-20-9(8)18-10(15)19-20/h1-4H,5H2,(H2,15,19)(H,16,17). The van der Waals surface area contributed by atoms with Crippen LogP contribution in [0.4, 0.5) is 19.1 Å². The van der Waals surface area contributed by atoms with Crippen LogP contribution in [0.25, 0.3) is 16.8 Å². The Balaban J connectivity index is 2.13. The maximum atomic E-state index is 12.4. The number of pyridine rings is 1. The minimum Gasteiger partial charge on any atom is -0.479 e. The molecule has 0 radical (unpaired) electrons. The van der Waals surface area contributed by atoms with E-state index in [-0.39, 0.29) is 17.3 Å². The van der Waals surface area contributed by atoms with Gasteiger partial charge in [0.1, 0.15) is 0 Å². The average Bonchev–Trinajstić information content (AvgIpc) is 3.02. The molecule has 0 bridgehead atoms. The first-order valence-electron chi connectivity index (χ1n) is 5.77. The van der Waals surface area contributed by atoms with Crippen molar-refractivity contribution in [2.24, 2.45) is 0 Å². The van der Waals surface area contributed by atoms with Crippen LogP contribution in [0.5, 0.6) is 5.75 Å². The number of aromatic nitrogens is 5. The summed E-state index contributed by atoms with van der Waals surface area (Å²) in [6.45, 7) is -1.44. The van der Waals surface area contributed by atoms with Crippen LogP contribution in [-0.2, 0) is 0 Å². The minimum absolute atomic E-state index is 0.0552. The van der Waals surface area contributed by atoms with E-state index in [0.29, 0.717) is 11.1 Å². The lowest BCUT2D eigenvalue weighted by Crippen LogP contribution is -2.19. The van der Waals surface area contributed by atoms with Crippen LogP contribution in [0, 0.1) is 0 Å². The molecule has 110 valence electrons. The maximum Gasteiger partial charge on any atom is 0.422 e. The fraction of sp³-hybridized carbons (Fsp3) is 0.182. The van der Waals surface area contributed by atoms with E-state index in [4.69, 9.17) is 10.5 Å². The van der Waals surface area contributed by atoms with E-state index >= 15 is 0 Å². The first-order valence-corrected chi connectivity index (χ1v) is 5.77. The fourth-order valence-electron chi connectivity index (χ4n) is 1.86. The molecule has 3 N–H and O–H groups in total. The van der Waals surface area contributed by atoms with Gasteiger partial charge >= 0.3 is 6.18 Å². The van der Waals surface area contributed by atoms with Gasteiger partial charge in [-0.3, -0.25) is 5.10 Å². The smallest absolute Gasteiger partial charge is 0.422 e. The first kappa shape index (κ1) is 13.2. The van der Waals surface area contributed by atoms with Crippen LogP contribution >= 0.6 is 0 Å². The van der Waals surface area contributed by atoms with E-state index in [0.717, 1.165) is 0 Å². The molecule has 0 aliphatic carbocycles. The van der Waals surface area contributed by atoms with Crippen LogP contribution in [-0.4, -0.2) is 37.6 Å². The molecule has 0 aliphatic heterocycles. The number of aromatic amines is 1. The van der Waals surface area contributed by atoms with Gasteiger partial charge in [-0.1, -0.05) is 0 Å². The summed E-state index contributed by atoms with van der Waals surface area (Å²) in [5.74, 6) is -0.114. The Hall–Kier alpha value is -2.78. The zero-order chi connectivity index (χ0) is 15.0. The summed E-state index contributed by atoms with van der Waals surface area (Å²) in [5.41, 5.74) is 6.55. The van der Waals surface area contributed by atoms with Gasteiger partial charge in [0.25, 0.3) is 0 Å². The summed E-state index contributed by atoms with van der Waals surface area (Å²) in [4.78, 5) is 3.89. The topological polar surface area (TPSA) is 94.1 Å².